The minimum absolute atomic E-state index is 0.0589. The zero-order valence-corrected chi connectivity index (χ0v) is 12.4. The molecule has 4 nitrogen and oxygen atoms in total. The fourth-order valence-corrected chi connectivity index (χ4v) is 2.42. The molecule has 0 spiro atoms. The lowest BCUT2D eigenvalue weighted by Gasteiger charge is -2.18. The Labute approximate surface area is 113 Å². The normalized spacial score (nSPS) is 14.2. The fourth-order valence-electron chi connectivity index (χ4n) is 1.64. The molecule has 0 aliphatic heterocycles. The molecule has 0 aliphatic carbocycles. The van der Waals surface area contributed by atoms with Crippen LogP contribution in [0, 0.1) is 6.92 Å². The van der Waals surface area contributed by atoms with Gasteiger partial charge in [-0.15, -0.1) is 11.3 Å². The van der Waals surface area contributed by atoms with E-state index >= 15 is 0 Å². The van der Waals surface area contributed by atoms with E-state index in [0.717, 1.165) is 24.4 Å². The maximum atomic E-state index is 11.8. The molecule has 1 aromatic rings. The van der Waals surface area contributed by atoms with Crippen molar-refractivity contribution in [2.75, 3.05) is 6.54 Å². The second-order valence-electron chi connectivity index (χ2n) is 4.56. The van der Waals surface area contributed by atoms with Crippen LogP contribution in [0.3, 0.4) is 0 Å². The van der Waals surface area contributed by atoms with Gasteiger partial charge in [-0.25, -0.2) is 4.98 Å². The molecule has 0 saturated carbocycles. The van der Waals surface area contributed by atoms with Crippen molar-refractivity contribution < 1.29 is 4.79 Å². The molecule has 0 radical (unpaired) electrons. The van der Waals surface area contributed by atoms with Crippen molar-refractivity contribution in [1.29, 1.82) is 0 Å². The van der Waals surface area contributed by atoms with Crippen molar-refractivity contribution in [3.63, 3.8) is 0 Å². The molecule has 2 atom stereocenters. The summed E-state index contributed by atoms with van der Waals surface area (Å²) in [4.78, 5) is 17.3. The van der Waals surface area contributed by atoms with Crippen LogP contribution in [-0.4, -0.2) is 23.5 Å². The molecule has 2 N–H and O–H groups in total. The largest absolute Gasteiger partial charge is 0.355 e. The Morgan fingerprint density at radius 3 is 2.78 bits per heavy atom. The molecule has 1 aromatic heterocycles. The van der Waals surface area contributed by atoms with Gasteiger partial charge in [-0.05, 0) is 27.2 Å². The highest BCUT2D eigenvalue weighted by atomic mass is 32.1. The Morgan fingerprint density at radius 1 is 1.50 bits per heavy atom. The maximum absolute atomic E-state index is 11.8. The maximum Gasteiger partial charge on any atom is 0.236 e. The summed E-state index contributed by atoms with van der Waals surface area (Å²) in [7, 11) is 0. The molecular formula is C13H23N3OS. The van der Waals surface area contributed by atoms with Crippen LogP contribution in [0.2, 0.25) is 0 Å². The number of aryl methyl sites for hydroxylation is 1. The minimum atomic E-state index is -0.193. The van der Waals surface area contributed by atoms with Crippen molar-refractivity contribution in [2.45, 2.75) is 52.6 Å². The van der Waals surface area contributed by atoms with Gasteiger partial charge in [0.25, 0.3) is 0 Å². The van der Waals surface area contributed by atoms with Crippen LogP contribution in [0.15, 0.2) is 6.20 Å². The highest BCUT2D eigenvalue weighted by molar-refractivity contribution is 7.11. The smallest absolute Gasteiger partial charge is 0.236 e. The van der Waals surface area contributed by atoms with Gasteiger partial charge in [-0.2, -0.15) is 0 Å². The van der Waals surface area contributed by atoms with Crippen molar-refractivity contribution >= 4 is 17.2 Å². The zero-order chi connectivity index (χ0) is 13.5. The number of hydrogen-bond donors (Lipinski definition) is 2. The molecule has 18 heavy (non-hydrogen) atoms. The number of hydrogen-bond acceptors (Lipinski definition) is 4. The molecule has 1 amide bonds. The van der Waals surface area contributed by atoms with Crippen molar-refractivity contribution in [3.8, 4) is 0 Å². The summed E-state index contributed by atoms with van der Waals surface area (Å²) in [6.45, 7) is 8.83. The van der Waals surface area contributed by atoms with E-state index in [9.17, 15) is 4.79 Å². The summed E-state index contributed by atoms with van der Waals surface area (Å²) in [5.41, 5.74) is 0. The number of rotatable bonds is 7. The van der Waals surface area contributed by atoms with Gasteiger partial charge in [0, 0.05) is 17.6 Å². The molecule has 0 bridgehead atoms. The highest BCUT2D eigenvalue weighted by Crippen LogP contribution is 2.19. The van der Waals surface area contributed by atoms with Gasteiger partial charge >= 0.3 is 0 Å². The third-order valence-corrected chi connectivity index (χ3v) is 3.83. The molecule has 0 aromatic carbocycles. The van der Waals surface area contributed by atoms with Gasteiger partial charge in [0.05, 0.1) is 12.1 Å². The standard InChI is InChI=1S/C13H23N3OS/c1-5-6-7-14-12(17)10(3)16-11(4)13-15-8-9(2)18-13/h8,10-11,16H,5-7H2,1-4H3,(H,14,17). The van der Waals surface area contributed by atoms with Crippen molar-refractivity contribution in [1.82, 2.24) is 15.6 Å². The Balaban J connectivity index is 2.39. The van der Waals surface area contributed by atoms with Crippen LogP contribution in [-0.2, 0) is 4.79 Å². The summed E-state index contributed by atoms with van der Waals surface area (Å²) >= 11 is 1.67. The van der Waals surface area contributed by atoms with Gasteiger partial charge < -0.3 is 5.32 Å². The lowest BCUT2D eigenvalue weighted by atomic mass is 10.2. The Kier molecular flexibility index (Phi) is 6.29. The second kappa shape index (κ2) is 7.48. The van der Waals surface area contributed by atoms with Gasteiger partial charge in [0.15, 0.2) is 0 Å². The van der Waals surface area contributed by atoms with E-state index in [0.29, 0.717) is 0 Å². The predicted molar refractivity (Wildman–Crippen MR) is 75.8 cm³/mol. The van der Waals surface area contributed by atoms with Crippen LogP contribution in [0.5, 0.6) is 0 Å². The Morgan fingerprint density at radius 2 is 2.22 bits per heavy atom. The molecule has 1 rings (SSSR count). The molecule has 102 valence electrons. The quantitative estimate of drug-likeness (QED) is 0.747. The van der Waals surface area contributed by atoms with Gasteiger partial charge in [0.1, 0.15) is 5.01 Å². The number of nitrogens with one attached hydrogen (secondary N) is 2. The van der Waals surface area contributed by atoms with E-state index in [4.69, 9.17) is 0 Å². The van der Waals surface area contributed by atoms with Gasteiger partial charge in [-0.1, -0.05) is 13.3 Å². The number of thiazole rings is 1. The minimum Gasteiger partial charge on any atom is -0.355 e. The predicted octanol–water partition coefficient (Wildman–Crippen LogP) is 2.41. The number of aromatic nitrogens is 1. The summed E-state index contributed by atoms with van der Waals surface area (Å²) < 4.78 is 0. The van der Waals surface area contributed by atoms with Crippen LogP contribution < -0.4 is 10.6 Å². The topological polar surface area (TPSA) is 54.0 Å². The van der Waals surface area contributed by atoms with E-state index in [2.05, 4.69) is 22.5 Å². The summed E-state index contributed by atoms with van der Waals surface area (Å²) in [5.74, 6) is 0.0589. The van der Waals surface area contributed by atoms with E-state index < -0.39 is 0 Å². The van der Waals surface area contributed by atoms with Crippen LogP contribution in [0.4, 0.5) is 0 Å². The van der Waals surface area contributed by atoms with Crippen LogP contribution >= 0.6 is 11.3 Å². The number of amides is 1. The molecule has 1 heterocycles. The summed E-state index contributed by atoms with van der Waals surface area (Å²) in [6.07, 6.45) is 3.99. The second-order valence-corrected chi connectivity index (χ2v) is 5.83. The lowest BCUT2D eigenvalue weighted by Crippen LogP contribution is -2.43. The first-order valence-electron chi connectivity index (χ1n) is 6.50. The third-order valence-electron chi connectivity index (χ3n) is 2.73. The number of nitrogens with zero attached hydrogens (tertiary/aromatic N) is 1. The first-order valence-corrected chi connectivity index (χ1v) is 7.32. The molecule has 5 heteroatoms. The monoisotopic (exact) mass is 269 g/mol. The first-order chi connectivity index (χ1) is 8.54. The molecule has 2 unspecified atom stereocenters. The average Bonchev–Trinajstić information content (AvgIpc) is 2.76. The van der Waals surface area contributed by atoms with E-state index in [-0.39, 0.29) is 18.0 Å². The van der Waals surface area contributed by atoms with E-state index in [1.807, 2.05) is 27.0 Å². The van der Waals surface area contributed by atoms with Gasteiger partial charge in [0.2, 0.25) is 5.91 Å². The lowest BCUT2D eigenvalue weighted by molar-refractivity contribution is -0.122. The first kappa shape index (κ1) is 15.1. The fraction of sp³-hybridized carbons (Fsp3) is 0.692. The Bertz CT molecular complexity index is 378. The van der Waals surface area contributed by atoms with E-state index in [1.165, 1.54) is 4.88 Å². The summed E-state index contributed by atoms with van der Waals surface area (Å²) in [6, 6.07) is -0.0864. The number of carbonyl (C=O) groups excluding carboxylic acids is 1. The average molecular weight is 269 g/mol. The molecule has 0 saturated heterocycles. The molecule has 0 aliphatic rings. The Hall–Kier alpha value is -0.940. The third kappa shape index (κ3) is 4.74. The van der Waals surface area contributed by atoms with E-state index in [1.54, 1.807) is 11.3 Å². The highest BCUT2D eigenvalue weighted by Gasteiger charge is 2.17. The molecule has 0 fully saturated rings. The SMILES string of the molecule is CCCCNC(=O)C(C)NC(C)c1ncc(C)s1. The van der Waals surface area contributed by atoms with Gasteiger partial charge in [-0.3, -0.25) is 10.1 Å². The number of unbranched alkanes of at least 4 members (excludes halogenated alkanes) is 1. The zero-order valence-electron chi connectivity index (χ0n) is 11.6. The summed E-state index contributed by atoms with van der Waals surface area (Å²) in [5, 5.41) is 7.23. The van der Waals surface area contributed by atoms with Crippen LogP contribution in [0.1, 0.15) is 49.5 Å². The molecular weight excluding hydrogens is 246 g/mol. The van der Waals surface area contributed by atoms with Crippen LogP contribution in [0.25, 0.3) is 0 Å². The number of carbonyl (C=O) groups is 1. The van der Waals surface area contributed by atoms with Crippen molar-refractivity contribution in [2.24, 2.45) is 0 Å². The van der Waals surface area contributed by atoms with Crippen molar-refractivity contribution in [3.05, 3.63) is 16.1 Å².